The molecule has 2 rings (SSSR count). The van der Waals surface area contributed by atoms with Crippen molar-refractivity contribution in [2.24, 2.45) is 0 Å². The van der Waals surface area contributed by atoms with Crippen molar-refractivity contribution in [2.45, 2.75) is 18.5 Å². The van der Waals surface area contributed by atoms with Crippen molar-refractivity contribution < 1.29 is 4.92 Å². The van der Waals surface area contributed by atoms with Gasteiger partial charge in [-0.3, -0.25) is 10.1 Å². The van der Waals surface area contributed by atoms with Gasteiger partial charge in [0.05, 0.1) is 0 Å². The quantitative estimate of drug-likeness (QED) is 0.591. The second kappa shape index (κ2) is 4.13. The van der Waals surface area contributed by atoms with Gasteiger partial charge in [0.2, 0.25) is 6.04 Å². The van der Waals surface area contributed by atoms with Crippen molar-refractivity contribution in [3.63, 3.8) is 0 Å². The van der Waals surface area contributed by atoms with E-state index in [1.54, 1.807) is 12.3 Å². The van der Waals surface area contributed by atoms with Crippen LogP contribution in [0.15, 0.2) is 42.6 Å². The van der Waals surface area contributed by atoms with Gasteiger partial charge in [0, 0.05) is 11.3 Å². The van der Waals surface area contributed by atoms with Crippen LogP contribution < -0.4 is 5.32 Å². The van der Waals surface area contributed by atoms with Gasteiger partial charge >= 0.3 is 0 Å². The van der Waals surface area contributed by atoms with E-state index in [9.17, 15) is 10.1 Å². The van der Waals surface area contributed by atoms with Gasteiger partial charge in [0.15, 0.2) is 0 Å². The highest BCUT2D eigenvalue weighted by Crippen LogP contribution is 2.23. The van der Waals surface area contributed by atoms with Crippen molar-refractivity contribution in [3.8, 4) is 0 Å². The van der Waals surface area contributed by atoms with Crippen LogP contribution in [0, 0.1) is 10.1 Å². The third-order valence-electron chi connectivity index (χ3n) is 2.59. The van der Waals surface area contributed by atoms with Gasteiger partial charge in [-0.05, 0) is 11.8 Å². The Hall–Kier alpha value is -1.84. The summed E-state index contributed by atoms with van der Waals surface area (Å²) in [7, 11) is 0. The summed E-state index contributed by atoms with van der Waals surface area (Å²) in [4.78, 5) is 10.7. The highest BCUT2D eigenvalue weighted by atomic mass is 16.6. The molecular weight excluding hydrogens is 192 g/mol. The summed E-state index contributed by atoms with van der Waals surface area (Å²) in [6.45, 7) is 0. The summed E-state index contributed by atoms with van der Waals surface area (Å²) in [6.07, 6.45) is 4.07. The Bertz CT molecular complexity index is 375. The van der Waals surface area contributed by atoms with E-state index in [1.165, 1.54) is 0 Å². The minimum atomic E-state index is -0.572. The van der Waals surface area contributed by atoms with Crippen LogP contribution in [0.2, 0.25) is 0 Å². The van der Waals surface area contributed by atoms with E-state index in [0.717, 1.165) is 5.56 Å². The molecule has 1 N–H and O–H groups in total. The molecule has 78 valence electrons. The van der Waals surface area contributed by atoms with Gasteiger partial charge in [-0.25, -0.2) is 0 Å². The Balaban J connectivity index is 2.27. The molecule has 0 bridgehead atoms. The minimum Gasteiger partial charge on any atom is -0.378 e. The maximum atomic E-state index is 10.9. The molecule has 0 spiro atoms. The van der Waals surface area contributed by atoms with Crippen LogP contribution in [0.1, 0.15) is 18.0 Å². The minimum absolute atomic E-state index is 0.214. The molecule has 0 radical (unpaired) electrons. The monoisotopic (exact) mass is 204 g/mol. The fourth-order valence-corrected chi connectivity index (χ4v) is 1.81. The molecule has 0 fully saturated rings. The van der Waals surface area contributed by atoms with Crippen LogP contribution in [0.3, 0.4) is 0 Å². The number of benzene rings is 1. The van der Waals surface area contributed by atoms with Crippen LogP contribution in [0.4, 0.5) is 0 Å². The number of nitro groups is 1. The van der Waals surface area contributed by atoms with Gasteiger partial charge in [0.1, 0.15) is 6.04 Å². The smallest absolute Gasteiger partial charge is 0.240 e. The molecule has 15 heavy (non-hydrogen) atoms. The van der Waals surface area contributed by atoms with Gasteiger partial charge in [-0.2, -0.15) is 0 Å². The number of rotatable bonds is 2. The largest absolute Gasteiger partial charge is 0.378 e. The summed E-state index contributed by atoms with van der Waals surface area (Å²) < 4.78 is 0. The van der Waals surface area contributed by atoms with E-state index in [0.29, 0.717) is 6.42 Å². The highest BCUT2D eigenvalue weighted by Gasteiger charge is 2.32. The molecule has 1 aliphatic rings. The summed E-state index contributed by atoms with van der Waals surface area (Å²) in [5, 5.41) is 13.9. The fraction of sp³-hybridized carbons (Fsp3) is 0.273. The number of nitrogens with zero attached hydrogens (tertiary/aromatic N) is 1. The predicted molar refractivity (Wildman–Crippen MR) is 56.9 cm³/mol. The van der Waals surface area contributed by atoms with Crippen LogP contribution in [-0.4, -0.2) is 11.0 Å². The molecule has 1 aromatic rings. The predicted octanol–water partition coefficient (Wildman–Crippen LogP) is 1.88. The lowest BCUT2D eigenvalue weighted by molar-refractivity contribution is -0.527. The Morgan fingerprint density at radius 2 is 2.07 bits per heavy atom. The Kier molecular flexibility index (Phi) is 2.67. The zero-order valence-electron chi connectivity index (χ0n) is 8.17. The molecular formula is C11H12N2O2. The maximum absolute atomic E-state index is 10.9. The zero-order valence-corrected chi connectivity index (χ0v) is 8.17. The lowest BCUT2D eigenvalue weighted by Gasteiger charge is -2.23. The first-order valence-corrected chi connectivity index (χ1v) is 4.88. The second-order valence-electron chi connectivity index (χ2n) is 3.55. The molecule has 2 atom stereocenters. The van der Waals surface area contributed by atoms with Crippen LogP contribution in [-0.2, 0) is 0 Å². The number of nitrogens with one attached hydrogen (secondary N) is 1. The van der Waals surface area contributed by atoms with Crippen LogP contribution >= 0.6 is 0 Å². The molecule has 0 amide bonds. The fourth-order valence-electron chi connectivity index (χ4n) is 1.81. The van der Waals surface area contributed by atoms with E-state index >= 15 is 0 Å². The van der Waals surface area contributed by atoms with E-state index < -0.39 is 6.04 Å². The van der Waals surface area contributed by atoms with Gasteiger partial charge in [-0.1, -0.05) is 36.4 Å². The Morgan fingerprint density at radius 3 is 2.73 bits per heavy atom. The molecule has 0 saturated carbocycles. The average Bonchev–Trinajstić information content (AvgIpc) is 2.30. The molecule has 1 aromatic carbocycles. The van der Waals surface area contributed by atoms with Crippen molar-refractivity contribution in [3.05, 3.63) is 58.3 Å². The standard InChI is InChI=1S/C11H12N2O2/c14-13(15)10-7-4-8-12-11(10)9-5-2-1-3-6-9/h1-6,8,10-12H,7H2/t10-,11+/m0/s1. The molecule has 4 nitrogen and oxygen atoms in total. The molecule has 0 saturated heterocycles. The zero-order chi connectivity index (χ0) is 10.7. The first-order valence-electron chi connectivity index (χ1n) is 4.88. The number of hydrogen-bond donors (Lipinski definition) is 1. The van der Waals surface area contributed by atoms with E-state index in [2.05, 4.69) is 5.32 Å². The normalized spacial score (nSPS) is 24.5. The third kappa shape index (κ3) is 1.98. The van der Waals surface area contributed by atoms with Gasteiger partial charge in [0.25, 0.3) is 0 Å². The molecule has 1 aliphatic heterocycles. The Labute approximate surface area is 87.8 Å². The summed E-state index contributed by atoms with van der Waals surface area (Å²) in [5.41, 5.74) is 0.962. The van der Waals surface area contributed by atoms with Crippen molar-refractivity contribution >= 4 is 0 Å². The summed E-state index contributed by atoms with van der Waals surface area (Å²) in [6, 6.07) is 8.73. The van der Waals surface area contributed by atoms with E-state index in [4.69, 9.17) is 0 Å². The average molecular weight is 204 g/mol. The van der Waals surface area contributed by atoms with E-state index in [-0.39, 0.29) is 11.0 Å². The second-order valence-corrected chi connectivity index (χ2v) is 3.55. The molecule has 1 heterocycles. The summed E-state index contributed by atoms with van der Waals surface area (Å²) >= 11 is 0. The SMILES string of the molecule is O=[N+]([O-])[C@H]1CC=CN[C@@H]1c1ccccc1. The van der Waals surface area contributed by atoms with Crippen molar-refractivity contribution in [1.29, 1.82) is 0 Å². The number of hydrogen-bond acceptors (Lipinski definition) is 3. The highest BCUT2D eigenvalue weighted by molar-refractivity contribution is 5.22. The van der Waals surface area contributed by atoms with Crippen LogP contribution in [0.5, 0.6) is 0 Å². The van der Waals surface area contributed by atoms with Crippen molar-refractivity contribution in [2.75, 3.05) is 0 Å². The molecule has 4 heteroatoms. The lowest BCUT2D eigenvalue weighted by Crippen LogP contribution is -2.37. The molecule has 0 unspecified atom stereocenters. The van der Waals surface area contributed by atoms with Gasteiger partial charge in [-0.15, -0.1) is 0 Å². The third-order valence-corrected chi connectivity index (χ3v) is 2.59. The topological polar surface area (TPSA) is 55.2 Å². The van der Waals surface area contributed by atoms with Crippen molar-refractivity contribution in [1.82, 2.24) is 5.32 Å². The first-order chi connectivity index (χ1) is 7.29. The lowest BCUT2D eigenvalue weighted by atomic mass is 9.95. The van der Waals surface area contributed by atoms with E-state index in [1.807, 2.05) is 30.3 Å². The Morgan fingerprint density at radius 1 is 1.33 bits per heavy atom. The van der Waals surface area contributed by atoms with Crippen LogP contribution in [0.25, 0.3) is 0 Å². The van der Waals surface area contributed by atoms with Gasteiger partial charge < -0.3 is 5.32 Å². The maximum Gasteiger partial charge on any atom is 0.240 e. The first kappa shape index (κ1) is 9.71. The molecule has 0 aliphatic carbocycles. The summed E-state index contributed by atoms with van der Waals surface area (Å²) in [5.74, 6) is 0. The molecule has 0 aromatic heterocycles.